The summed E-state index contributed by atoms with van der Waals surface area (Å²) < 4.78 is 0. The predicted molar refractivity (Wildman–Crippen MR) is 81.6 cm³/mol. The van der Waals surface area contributed by atoms with Gasteiger partial charge in [-0.1, -0.05) is 32.3 Å². The molecule has 1 fully saturated rings. The number of anilines is 1. The lowest BCUT2D eigenvalue weighted by molar-refractivity contribution is 0.426. The highest BCUT2D eigenvalue weighted by Gasteiger charge is 2.19. The molecule has 0 aromatic carbocycles. The molecule has 1 aliphatic carbocycles. The molecule has 0 saturated heterocycles. The lowest BCUT2D eigenvalue weighted by atomic mass is 9.94. The first-order chi connectivity index (χ1) is 9.22. The van der Waals surface area contributed by atoms with E-state index in [1.807, 2.05) is 6.20 Å². The maximum absolute atomic E-state index is 4.64. The molecule has 3 heteroatoms. The Morgan fingerprint density at radius 2 is 2.05 bits per heavy atom. The van der Waals surface area contributed by atoms with Crippen molar-refractivity contribution >= 4 is 5.82 Å². The fraction of sp³-hybridized carbons (Fsp3) is 0.688. The molecule has 106 valence electrons. The fourth-order valence-corrected chi connectivity index (χ4v) is 2.94. The number of nitrogens with zero attached hydrogens (tertiary/aromatic N) is 2. The van der Waals surface area contributed by atoms with E-state index in [1.165, 1.54) is 37.7 Å². The third-order valence-corrected chi connectivity index (χ3v) is 4.26. The normalized spacial score (nSPS) is 18.3. The zero-order valence-electron chi connectivity index (χ0n) is 12.5. The summed E-state index contributed by atoms with van der Waals surface area (Å²) in [6, 6.07) is 5.43. The first-order valence-corrected chi connectivity index (χ1v) is 7.64. The molecule has 0 bridgehead atoms. The number of hydrogen-bond donors (Lipinski definition) is 1. The van der Waals surface area contributed by atoms with E-state index in [4.69, 9.17) is 0 Å². The molecule has 2 rings (SSSR count). The summed E-state index contributed by atoms with van der Waals surface area (Å²) in [4.78, 5) is 7.01. The molecule has 0 aliphatic heterocycles. The van der Waals surface area contributed by atoms with Crippen molar-refractivity contribution in [2.45, 2.75) is 58.0 Å². The van der Waals surface area contributed by atoms with E-state index in [-0.39, 0.29) is 0 Å². The van der Waals surface area contributed by atoms with Crippen LogP contribution in [0.2, 0.25) is 0 Å². The highest BCUT2D eigenvalue weighted by atomic mass is 15.2. The summed E-state index contributed by atoms with van der Waals surface area (Å²) in [5, 5.41) is 3.42. The summed E-state index contributed by atoms with van der Waals surface area (Å²) in [6.45, 7) is 5.31. The standard InChI is InChI=1S/C16H27N3/c1-4-17-13(2)14-10-11-16(18-12-14)19(3)15-8-6-5-7-9-15/h10-13,15,17H,4-9H2,1-3H3. The highest BCUT2D eigenvalue weighted by molar-refractivity contribution is 5.40. The Labute approximate surface area is 117 Å². The third kappa shape index (κ3) is 3.69. The van der Waals surface area contributed by atoms with Crippen molar-refractivity contribution in [2.24, 2.45) is 0 Å². The molecule has 1 unspecified atom stereocenters. The minimum absolute atomic E-state index is 0.381. The summed E-state index contributed by atoms with van der Waals surface area (Å²) in [6.07, 6.45) is 8.77. The zero-order valence-corrected chi connectivity index (χ0v) is 12.5. The van der Waals surface area contributed by atoms with Crippen LogP contribution in [0.15, 0.2) is 18.3 Å². The first kappa shape index (κ1) is 14.3. The van der Waals surface area contributed by atoms with Gasteiger partial charge in [0.25, 0.3) is 0 Å². The Kier molecular flexibility index (Phi) is 5.20. The van der Waals surface area contributed by atoms with E-state index in [1.54, 1.807) is 0 Å². The molecule has 1 atom stereocenters. The lowest BCUT2D eigenvalue weighted by Crippen LogP contribution is -2.33. The number of pyridine rings is 1. The van der Waals surface area contributed by atoms with E-state index < -0.39 is 0 Å². The molecule has 0 amide bonds. The number of nitrogens with one attached hydrogen (secondary N) is 1. The topological polar surface area (TPSA) is 28.2 Å². The van der Waals surface area contributed by atoms with Gasteiger partial charge < -0.3 is 10.2 Å². The van der Waals surface area contributed by atoms with Gasteiger partial charge in [-0.25, -0.2) is 4.98 Å². The van der Waals surface area contributed by atoms with E-state index in [9.17, 15) is 0 Å². The van der Waals surface area contributed by atoms with Gasteiger partial charge in [-0.05, 0) is 37.9 Å². The maximum Gasteiger partial charge on any atom is 0.128 e. The summed E-state index contributed by atoms with van der Waals surface area (Å²) in [7, 11) is 2.19. The molecule has 0 radical (unpaired) electrons. The van der Waals surface area contributed by atoms with Gasteiger partial charge in [-0.2, -0.15) is 0 Å². The van der Waals surface area contributed by atoms with Gasteiger partial charge in [0.1, 0.15) is 5.82 Å². The van der Waals surface area contributed by atoms with Crippen LogP contribution in [0.1, 0.15) is 57.6 Å². The number of aromatic nitrogens is 1. The van der Waals surface area contributed by atoms with Gasteiger partial charge in [0.15, 0.2) is 0 Å². The van der Waals surface area contributed by atoms with Crippen molar-refractivity contribution in [2.75, 3.05) is 18.5 Å². The van der Waals surface area contributed by atoms with Crippen molar-refractivity contribution in [3.8, 4) is 0 Å². The lowest BCUT2D eigenvalue weighted by Gasteiger charge is -2.32. The van der Waals surface area contributed by atoms with E-state index in [0.29, 0.717) is 12.1 Å². The number of hydrogen-bond acceptors (Lipinski definition) is 3. The Hall–Kier alpha value is -1.09. The summed E-state index contributed by atoms with van der Waals surface area (Å²) >= 11 is 0. The van der Waals surface area contributed by atoms with E-state index in [2.05, 4.69) is 48.2 Å². The van der Waals surface area contributed by atoms with Gasteiger partial charge in [0.2, 0.25) is 0 Å². The first-order valence-electron chi connectivity index (χ1n) is 7.64. The Bertz CT molecular complexity index is 368. The van der Waals surface area contributed by atoms with Crippen LogP contribution in [0, 0.1) is 0 Å². The Morgan fingerprint density at radius 3 is 2.63 bits per heavy atom. The van der Waals surface area contributed by atoms with Crippen molar-refractivity contribution in [3.63, 3.8) is 0 Å². The molecular formula is C16H27N3. The van der Waals surface area contributed by atoms with Crippen LogP contribution in [-0.2, 0) is 0 Å². The van der Waals surface area contributed by atoms with Crippen LogP contribution in [0.5, 0.6) is 0 Å². The quantitative estimate of drug-likeness (QED) is 0.879. The van der Waals surface area contributed by atoms with E-state index in [0.717, 1.165) is 12.4 Å². The van der Waals surface area contributed by atoms with Gasteiger partial charge >= 0.3 is 0 Å². The Morgan fingerprint density at radius 1 is 1.32 bits per heavy atom. The number of rotatable bonds is 5. The molecule has 1 aliphatic rings. The van der Waals surface area contributed by atoms with Crippen LogP contribution < -0.4 is 10.2 Å². The molecule has 19 heavy (non-hydrogen) atoms. The smallest absolute Gasteiger partial charge is 0.128 e. The predicted octanol–water partition coefficient (Wildman–Crippen LogP) is 3.52. The van der Waals surface area contributed by atoms with Crippen molar-refractivity contribution < 1.29 is 0 Å². The van der Waals surface area contributed by atoms with Crippen LogP contribution in [-0.4, -0.2) is 24.6 Å². The minimum Gasteiger partial charge on any atom is -0.357 e. The van der Waals surface area contributed by atoms with Crippen LogP contribution in [0.25, 0.3) is 0 Å². The van der Waals surface area contributed by atoms with Crippen molar-refractivity contribution in [1.82, 2.24) is 10.3 Å². The Balaban J connectivity index is 2.00. The van der Waals surface area contributed by atoms with Crippen LogP contribution in [0.3, 0.4) is 0 Å². The highest BCUT2D eigenvalue weighted by Crippen LogP contribution is 2.25. The molecule has 1 aromatic rings. The second-order valence-corrected chi connectivity index (χ2v) is 5.63. The van der Waals surface area contributed by atoms with Crippen LogP contribution >= 0.6 is 0 Å². The summed E-state index contributed by atoms with van der Waals surface area (Å²) in [5.41, 5.74) is 1.27. The van der Waals surface area contributed by atoms with Gasteiger partial charge in [-0.15, -0.1) is 0 Å². The third-order valence-electron chi connectivity index (χ3n) is 4.26. The average Bonchev–Trinajstić information content (AvgIpc) is 2.48. The average molecular weight is 261 g/mol. The van der Waals surface area contributed by atoms with Crippen molar-refractivity contribution in [1.29, 1.82) is 0 Å². The van der Waals surface area contributed by atoms with Gasteiger partial charge in [-0.3, -0.25) is 0 Å². The van der Waals surface area contributed by atoms with Crippen LogP contribution in [0.4, 0.5) is 5.82 Å². The zero-order chi connectivity index (χ0) is 13.7. The molecule has 1 aromatic heterocycles. The largest absolute Gasteiger partial charge is 0.357 e. The van der Waals surface area contributed by atoms with Gasteiger partial charge in [0.05, 0.1) is 0 Å². The second-order valence-electron chi connectivity index (χ2n) is 5.63. The summed E-state index contributed by atoms with van der Waals surface area (Å²) in [5.74, 6) is 1.11. The fourth-order valence-electron chi connectivity index (χ4n) is 2.94. The maximum atomic E-state index is 4.64. The molecule has 1 heterocycles. The van der Waals surface area contributed by atoms with Gasteiger partial charge in [0, 0.05) is 25.3 Å². The second kappa shape index (κ2) is 6.90. The molecule has 1 saturated carbocycles. The SMILES string of the molecule is CCNC(C)c1ccc(N(C)C2CCCCC2)nc1. The molecule has 3 nitrogen and oxygen atoms in total. The minimum atomic E-state index is 0.381. The van der Waals surface area contributed by atoms with Crippen molar-refractivity contribution in [3.05, 3.63) is 23.9 Å². The monoisotopic (exact) mass is 261 g/mol. The van der Waals surface area contributed by atoms with E-state index >= 15 is 0 Å². The molecule has 1 N–H and O–H groups in total. The molecular weight excluding hydrogens is 234 g/mol. The molecule has 0 spiro atoms.